The van der Waals surface area contributed by atoms with Crippen molar-refractivity contribution < 1.29 is 23.8 Å². The van der Waals surface area contributed by atoms with Crippen molar-refractivity contribution in [1.29, 1.82) is 0 Å². The average Bonchev–Trinajstić information content (AvgIpc) is 3.94. The Kier molecular flexibility index (Phi) is 10.1. The van der Waals surface area contributed by atoms with Crippen molar-refractivity contribution >= 4 is 33.8 Å². The summed E-state index contributed by atoms with van der Waals surface area (Å²) in [5.41, 5.74) is 7.21. The van der Waals surface area contributed by atoms with Crippen LogP contribution in [0.25, 0.3) is 44.2 Å². The van der Waals surface area contributed by atoms with Gasteiger partial charge in [-0.3, -0.25) is 9.69 Å². The van der Waals surface area contributed by atoms with Gasteiger partial charge >= 0.3 is 6.09 Å². The summed E-state index contributed by atoms with van der Waals surface area (Å²) in [5.74, 6) is 2.45. The molecule has 12 heteroatoms. The molecule has 0 spiro atoms. The van der Waals surface area contributed by atoms with Crippen LogP contribution in [0.1, 0.15) is 82.6 Å². The third-order valence-corrected chi connectivity index (χ3v) is 11.9. The molecule has 0 aliphatic carbocycles. The van der Waals surface area contributed by atoms with E-state index in [9.17, 15) is 9.59 Å². The molecule has 2 saturated heterocycles. The van der Waals surface area contributed by atoms with Crippen LogP contribution in [-0.2, 0) is 27.4 Å². The Morgan fingerprint density at radius 1 is 1.07 bits per heavy atom. The number of nitrogens with zero attached hydrogens (tertiary/aromatic N) is 4. The Hall–Kier alpha value is -4.94. The molecule has 0 saturated carbocycles. The summed E-state index contributed by atoms with van der Waals surface area (Å²) in [5, 5.41) is 5.09. The lowest BCUT2D eigenvalue weighted by Crippen LogP contribution is -2.54. The van der Waals surface area contributed by atoms with Crippen LogP contribution in [-0.4, -0.2) is 87.2 Å². The maximum Gasteiger partial charge on any atom is 0.407 e. The number of benzene rings is 3. The number of aromatic nitrogens is 4. The highest BCUT2D eigenvalue weighted by Crippen LogP contribution is 2.43. The third-order valence-electron chi connectivity index (χ3n) is 11.9. The smallest absolute Gasteiger partial charge is 0.407 e. The molecule has 5 heterocycles. The number of hydrogen-bond donors (Lipinski definition) is 3. The van der Waals surface area contributed by atoms with E-state index in [1.54, 1.807) is 0 Å². The molecule has 0 bridgehead atoms. The van der Waals surface area contributed by atoms with E-state index < -0.39 is 12.1 Å². The lowest BCUT2D eigenvalue weighted by molar-refractivity contribution is -0.138. The summed E-state index contributed by atoms with van der Waals surface area (Å²) in [6.45, 7) is 8.92. The Bertz CT molecular complexity index is 2170. The number of hydrogen-bond acceptors (Lipinski definition) is 8. The van der Waals surface area contributed by atoms with Crippen molar-refractivity contribution in [2.24, 2.45) is 5.92 Å². The molecule has 3 aromatic carbocycles. The van der Waals surface area contributed by atoms with Gasteiger partial charge < -0.3 is 34.4 Å². The molecular weight excluding hydrogens is 683 g/mol. The molecule has 3 aliphatic heterocycles. The van der Waals surface area contributed by atoms with Crippen molar-refractivity contribution in [3.63, 3.8) is 0 Å². The summed E-state index contributed by atoms with van der Waals surface area (Å²) in [6, 6.07) is 14.7. The van der Waals surface area contributed by atoms with E-state index in [0.29, 0.717) is 38.7 Å². The first-order valence-corrected chi connectivity index (χ1v) is 19.4. The molecule has 3 N–H and O–H groups in total. The summed E-state index contributed by atoms with van der Waals surface area (Å²) in [4.78, 5) is 47.7. The number of nitrogens with one attached hydrogen (secondary N) is 3. The van der Waals surface area contributed by atoms with Gasteiger partial charge in [0.15, 0.2) is 0 Å². The maximum absolute atomic E-state index is 14.2. The molecule has 5 aromatic rings. The minimum atomic E-state index is -0.686. The SMILES string of the molecule is CCC[C@H](C)N(C)Cc1nc2ccc3cc4c(cc3c2[nH]1)OCc1cc(-c2cnc([C@@H]3CC[C@H](C)N3C(=O)[C@@H](NC(=O)OC)C3CCOCC3)[nH]2)ccc1-4. The van der Waals surface area contributed by atoms with Crippen molar-refractivity contribution in [2.45, 2.75) is 96.6 Å². The van der Waals surface area contributed by atoms with E-state index in [-0.39, 0.29) is 23.9 Å². The fraction of sp³-hybridized carbons (Fsp3) is 0.476. The van der Waals surface area contributed by atoms with Gasteiger partial charge in [-0.25, -0.2) is 14.8 Å². The van der Waals surface area contributed by atoms with Crippen molar-refractivity contribution in [3.8, 4) is 28.1 Å². The van der Waals surface area contributed by atoms with Crippen LogP contribution in [0.2, 0.25) is 0 Å². The zero-order valence-corrected chi connectivity index (χ0v) is 31.9. The highest BCUT2D eigenvalue weighted by molar-refractivity contribution is 6.07. The van der Waals surface area contributed by atoms with Gasteiger partial charge in [-0.2, -0.15) is 0 Å². The molecule has 0 unspecified atom stereocenters. The van der Waals surface area contributed by atoms with Crippen molar-refractivity contribution in [3.05, 3.63) is 65.9 Å². The number of carbonyl (C=O) groups excluding carboxylic acids is 2. The van der Waals surface area contributed by atoms with Crippen LogP contribution >= 0.6 is 0 Å². The van der Waals surface area contributed by atoms with Crippen LogP contribution in [0, 0.1) is 5.92 Å². The Balaban J connectivity index is 1.03. The van der Waals surface area contributed by atoms with Gasteiger partial charge in [-0.15, -0.1) is 0 Å². The lowest BCUT2D eigenvalue weighted by atomic mass is 9.90. The summed E-state index contributed by atoms with van der Waals surface area (Å²) < 4.78 is 16.9. The molecule has 2 aromatic heterocycles. The molecular formula is C42H51N7O5. The van der Waals surface area contributed by atoms with Gasteiger partial charge in [0.25, 0.3) is 0 Å². The molecule has 3 aliphatic rings. The van der Waals surface area contributed by atoms with Gasteiger partial charge in [-0.1, -0.05) is 31.5 Å². The Morgan fingerprint density at radius 2 is 1.91 bits per heavy atom. The number of fused-ring (bicyclic) bond motifs is 6. The number of carbonyl (C=O) groups is 2. The number of rotatable bonds is 10. The second-order valence-corrected chi connectivity index (χ2v) is 15.4. The Labute approximate surface area is 316 Å². The van der Waals surface area contributed by atoms with Crippen molar-refractivity contribution in [2.75, 3.05) is 27.4 Å². The van der Waals surface area contributed by atoms with Gasteiger partial charge in [-0.05, 0) is 105 Å². The van der Waals surface area contributed by atoms with Crippen molar-refractivity contribution in [1.82, 2.24) is 35.1 Å². The first-order chi connectivity index (χ1) is 26.2. The number of likely N-dealkylation sites (tertiary alicyclic amines) is 1. The van der Waals surface area contributed by atoms with E-state index in [1.165, 1.54) is 7.11 Å². The van der Waals surface area contributed by atoms with Crippen LogP contribution in [0.4, 0.5) is 4.79 Å². The number of ether oxygens (including phenoxy) is 3. The fourth-order valence-corrected chi connectivity index (χ4v) is 8.67. The second-order valence-electron chi connectivity index (χ2n) is 15.4. The highest BCUT2D eigenvalue weighted by Gasteiger charge is 2.43. The second kappa shape index (κ2) is 15.1. The molecule has 8 rings (SSSR count). The highest BCUT2D eigenvalue weighted by atomic mass is 16.5. The molecule has 2 amide bonds. The topological polar surface area (TPSA) is 138 Å². The van der Waals surface area contributed by atoms with Gasteiger partial charge in [0.1, 0.15) is 30.0 Å². The molecule has 4 atom stereocenters. The normalized spacial score (nSPS) is 19.8. The van der Waals surface area contributed by atoms with E-state index in [4.69, 9.17) is 24.2 Å². The monoisotopic (exact) mass is 733 g/mol. The summed E-state index contributed by atoms with van der Waals surface area (Å²) in [7, 11) is 3.48. The van der Waals surface area contributed by atoms with Crippen LogP contribution in [0.15, 0.2) is 48.7 Å². The number of imidazole rings is 2. The van der Waals surface area contributed by atoms with Gasteiger partial charge in [0, 0.05) is 36.2 Å². The predicted molar refractivity (Wildman–Crippen MR) is 208 cm³/mol. The van der Waals surface area contributed by atoms with Crippen LogP contribution < -0.4 is 10.1 Å². The van der Waals surface area contributed by atoms with E-state index in [1.807, 2.05) is 11.1 Å². The molecule has 2 fully saturated rings. The summed E-state index contributed by atoms with van der Waals surface area (Å²) >= 11 is 0. The minimum absolute atomic E-state index is 0.00219. The Morgan fingerprint density at radius 3 is 2.70 bits per heavy atom. The molecule has 0 radical (unpaired) electrons. The third kappa shape index (κ3) is 6.81. The zero-order chi connectivity index (χ0) is 37.5. The predicted octanol–water partition coefficient (Wildman–Crippen LogP) is 7.49. The average molecular weight is 734 g/mol. The largest absolute Gasteiger partial charge is 0.488 e. The number of aromatic amines is 2. The first-order valence-electron chi connectivity index (χ1n) is 19.4. The van der Waals surface area contributed by atoms with E-state index >= 15 is 0 Å². The lowest BCUT2D eigenvalue weighted by Gasteiger charge is -2.36. The summed E-state index contributed by atoms with van der Waals surface area (Å²) in [6.07, 6.45) is 6.60. The maximum atomic E-state index is 14.2. The van der Waals surface area contributed by atoms with Gasteiger partial charge in [0.2, 0.25) is 5.91 Å². The first kappa shape index (κ1) is 36.1. The van der Waals surface area contributed by atoms with E-state index in [2.05, 4.69) is 90.5 Å². The van der Waals surface area contributed by atoms with Gasteiger partial charge in [0.05, 0.1) is 42.6 Å². The standard InChI is InChI=1S/C42H51N7O5/c1-6-7-24(2)48(4)22-37-44-33-12-10-27-19-32-30-11-9-28(18-29(30)23-54-36(32)20-31(27)39(33)46-37)34-21-43-40(45-34)35-13-8-25(3)49(35)41(50)38(47-42(51)52-5)26-14-16-53-17-15-26/h9-12,18-21,24-26,35,38H,6-8,13-17,22-23H2,1-5H3,(H,43,45)(H,44,46)(H,47,51)/t24-,25-,35-,38-/m0/s1. The number of methoxy groups -OCH3 is 1. The molecule has 284 valence electrons. The van der Waals surface area contributed by atoms with Crippen LogP contribution in [0.5, 0.6) is 5.75 Å². The van der Waals surface area contributed by atoms with Crippen LogP contribution in [0.3, 0.4) is 0 Å². The zero-order valence-electron chi connectivity index (χ0n) is 31.9. The molecule has 12 nitrogen and oxygen atoms in total. The number of H-pyrrole nitrogens is 2. The number of amides is 2. The quantitative estimate of drug-likeness (QED) is 0.134. The number of alkyl carbamates (subject to hydrolysis) is 1. The van der Waals surface area contributed by atoms with E-state index in [0.717, 1.165) is 99.4 Å². The fourth-order valence-electron chi connectivity index (χ4n) is 8.67. The minimum Gasteiger partial charge on any atom is -0.488 e. The molecule has 54 heavy (non-hydrogen) atoms.